The molecule has 0 spiro atoms. The van der Waals surface area contributed by atoms with Crippen LogP contribution < -0.4 is 10.1 Å². The minimum absolute atomic E-state index is 0.0971. The fraction of sp³-hybridized carbons (Fsp3) is 0.333. The first-order valence-corrected chi connectivity index (χ1v) is 6.36. The molecule has 0 aliphatic carbocycles. The Morgan fingerprint density at radius 2 is 1.90 bits per heavy atom. The number of methoxy groups -OCH3 is 1. The van der Waals surface area contributed by atoms with Gasteiger partial charge in [0.1, 0.15) is 23.1 Å². The minimum Gasteiger partial charge on any atom is -0.497 e. The van der Waals surface area contributed by atoms with Gasteiger partial charge >= 0.3 is 0 Å². The molecule has 0 aliphatic heterocycles. The van der Waals surface area contributed by atoms with Crippen molar-refractivity contribution >= 4 is 0 Å². The summed E-state index contributed by atoms with van der Waals surface area (Å²) in [6.07, 6.45) is 1.43. The molecule has 0 amide bonds. The predicted octanol–water partition coefficient (Wildman–Crippen LogP) is 3.73. The van der Waals surface area contributed by atoms with Crippen molar-refractivity contribution in [2.45, 2.75) is 26.4 Å². The van der Waals surface area contributed by atoms with Crippen LogP contribution in [0.5, 0.6) is 5.75 Å². The van der Waals surface area contributed by atoms with Gasteiger partial charge in [0.15, 0.2) is 0 Å². The number of hydrogen-bond acceptors (Lipinski definition) is 3. The predicted molar refractivity (Wildman–Crippen MR) is 72.6 cm³/mol. The second-order valence-corrected chi connectivity index (χ2v) is 4.76. The highest BCUT2D eigenvalue weighted by molar-refractivity contribution is 5.67. The third-order valence-electron chi connectivity index (χ3n) is 2.94. The third-order valence-corrected chi connectivity index (χ3v) is 2.94. The molecule has 1 aromatic heterocycles. The first kappa shape index (κ1) is 14.5. The molecule has 1 N–H and O–H groups in total. The lowest BCUT2D eigenvalue weighted by Crippen LogP contribution is -2.21. The summed E-state index contributed by atoms with van der Waals surface area (Å²) in [4.78, 5) is 0. The molecule has 3 nitrogen and oxygen atoms in total. The van der Waals surface area contributed by atoms with E-state index in [1.807, 2.05) is 13.8 Å². The monoisotopic (exact) mass is 281 g/mol. The van der Waals surface area contributed by atoms with E-state index in [0.717, 1.165) is 12.1 Å². The first-order valence-electron chi connectivity index (χ1n) is 6.36. The zero-order valence-corrected chi connectivity index (χ0v) is 11.7. The van der Waals surface area contributed by atoms with E-state index in [4.69, 9.17) is 9.15 Å². The lowest BCUT2D eigenvalue weighted by Gasteiger charge is -2.10. The molecule has 108 valence electrons. The molecule has 0 atom stereocenters. The van der Waals surface area contributed by atoms with E-state index in [2.05, 4.69) is 5.32 Å². The van der Waals surface area contributed by atoms with Crippen LogP contribution in [0.25, 0.3) is 11.1 Å². The first-order chi connectivity index (χ1) is 9.52. The molecule has 5 heteroatoms. The third kappa shape index (κ3) is 2.99. The molecule has 0 radical (unpaired) electrons. The summed E-state index contributed by atoms with van der Waals surface area (Å²) < 4.78 is 38.3. The van der Waals surface area contributed by atoms with E-state index in [0.29, 0.717) is 17.9 Å². The summed E-state index contributed by atoms with van der Waals surface area (Å²) in [5, 5.41) is 3.16. The Bertz CT molecular complexity index is 570. The van der Waals surface area contributed by atoms with Crippen LogP contribution in [0.15, 0.2) is 28.9 Å². The van der Waals surface area contributed by atoms with Crippen LogP contribution in [0, 0.1) is 11.6 Å². The highest BCUT2D eigenvalue weighted by Gasteiger charge is 2.18. The summed E-state index contributed by atoms with van der Waals surface area (Å²) in [5.74, 6) is -0.695. The van der Waals surface area contributed by atoms with E-state index in [9.17, 15) is 8.78 Å². The number of nitrogens with one attached hydrogen (secondary N) is 1. The van der Waals surface area contributed by atoms with E-state index in [1.54, 1.807) is 6.07 Å². The summed E-state index contributed by atoms with van der Waals surface area (Å²) in [6, 6.07) is 4.13. The van der Waals surface area contributed by atoms with Crippen molar-refractivity contribution in [3.8, 4) is 16.9 Å². The minimum atomic E-state index is -0.672. The van der Waals surface area contributed by atoms with Gasteiger partial charge in [-0.1, -0.05) is 13.8 Å². The van der Waals surface area contributed by atoms with E-state index < -0.39 is 11.6 Å². The molecule has 1 heterocycles. The van der Waals surface area contributed by atoms with Crippen molar-refractivity contribution in [1.29, 1.82) is 0 Å². The average molecular weight is 281 g/mol. The average Bonchev–Trinajstić information content (AvgIpc) is 2.83. The van der Waals surface area contributed by atoms with Gasteiger partial charge in [0.05, 0.1) is 25.5 Å². The van der Waals surface area contributed by atoms with Crippen LogP contribution in [0.3, 0.4) is 0 Å². The van der Waals surface area contributed by atoms with E-state index in [-0.39, 0.29) is 17.4 Å². The van der Waals surface area contributed by atoms with Crippen LogP contribution in [-0.2, 0) is 6.54 Å². The Morgan fingerprint density at radius 3 is 2.45 bits per heavy atom. The van der Waals surface area contributed by atoms with Crippen LogP contribution in [-0.4, -0.2) is 13.2 Å². The van der Waals surface area contributed by atoms with Crippen LogP contribution >= 0.6 is 0 Å². The summed E-state index contributed by atoms with van der Waals surface area (Å²) in [6.45, 7) is 4.37. The van der Waals surface area contributed by atoms with E-state index >= 15 is 0 Å². The standard InChI is InChI=1S/C15H17F2NO2/c1-9(2)18-8-14-11(4-5-20-14)15-12(16)6-10(19-3)7-13(15)17/h4-7,9,18H,8H2,1-3H3. The highest BCUT2D eigenvalue weighted by atomic mass is 19.1. The maximum Gasteiger partial charge on any atom is 0.137 e. The van der Waals surface area contributed by atoms with Gasteiger partial charge in [0.2, 0.25) is 0 Å². The Kier molecular flexibility index (Phi) is 4.39. The summed E-state index contributed by atoms with van der Waals surface area (Å²) in [7, 11) is 1.36. The van der Waals surface area contributed by atoms with Gasteiger partial charge in [0, 0.05) is 23.7 Å². The molecule has 0 unspecified atom stereocenters. The van der Waals surface area contributed by atoms with Crippen molar-refractivity contribution < 1.29 is 17.9 Å². The molecule has 2 rings (SSSR count). The highest BCUT2D eigenvalue weighted by Crippen LogP contribution is 2.32. The number of hydrogen-bond donors (Lipinski definition) is 1. The summed E-state index contributed by atoms with van der Waals surface area (Å²) >= 11 is 0. The van der Waals surface area contributed by atoms with Gasteiger partial charge in [-0.3, -0.25) is 0 Å². The van der Waals surface area contributed by atoms with Crippen LogP contribution in [0.4, 0.5) is 8.78 Å². The fourth-order valence-corrected chi connectivity index (χ4v) is 1.92. The molecule has 20 heavy (non-hydrogen) atoms. The Balaban J connectivity index is 2.39. The molecule has 0 saturated carbocycles. The molecule has 0 aliphatic rings. The number of furan rings is 1. The van der Waals surface area contributed by atoms with Crippen molar-refractivity contribution in [3.05, 3.63) is 41.9 Å². The van der Waals surface area contributed by atoms with Crippen molar-refractivity contribution in [2.75, 3.05) is 7.11 Å². The van der Waals surface area contributed by atoms with Crippen molar-refractivity contribution in [2.24, 2.45) is 0 Å². The Hall–Kier alpha value is -1.88. The molecule has 1 aromatic carbocycles. The zero-order chi connectivity index (χ0) is 14.7. The van der Waals surface area contributed by atoms with Gasteiger partial charge in [-0.05, 0) is 6.07 Å². The lowest BCUT2D eigenvalue weighted by molar-refractivity contribution is 0.407. The second kappa shape index (κ2) is 6.05. The normalized spacial score (nSPS) is 11.1. The van der Waals surface area contributed by atoms with Crippen LogP contribution in [0.2, 0.25) is 0 Å². The smallest absolute Gasteiger partial charge is 0.137 e. The number of rotatable bonds is 5. The Labute approximate surface area is 116 Å². The number of ether oxygens (including phenoxy) is 1. The molecule has 0 bridgehead atoms. The molecular weight excluding hydrogens is 264 g/mol. The molecule has 0 saturated heterocycles. The van der Waals surface area contributed by atoms with Gasteiger partial charge < -0.3 is 14.5 Å². The molecular formula is C15H17F2NO2. The van der Waals surface area contributed by atoms with Crippen molar-refractivity contribution in [1.82, 2.24) is 5.32 Å². The largest absolute Gasteiger partial charge is 0.497 e. The molecule has 0 fully saturated rings. The van der Waals surface area contributed by atoms with Gasteiger partial charge in [-0.15, -0.1) is 0 Å². The zero-order valence-electron chi connectivity index (χ0n) is 11.7. The number of halogens is 2. The quantitative estimate of drug-likeness (QED) is 0.906. The van der Waals surface area contributed by atoms with E-state index in [1.165, 1.54) is 13.4 Å². The maximum atomic E-state index is 14.1. The SMILES string of the molecule is COc1cc(F)c(-c2ccoc2CNC(C)C)c(F)c1. The fourth-order valence-electron chi connectivity index (χ4n) is 1.92. The Morgan fingerprint density at radius 1 is 1.25 bits per heavy atom. The van der Waals surface area contributed by atoms with Gasteiger partial charge in [0.25, 0.3) is 0 Å². The molecule has 2 aromatic rings. The van der Waals surface area contributed by atoms with Crippen molar-refractivity contribution in [3.63, 3.8) is 0 Å². The topological polar surface area (TPSA) is 34.4 Å². The second-order valence-electron chi connectivity index (χ2n) is 4.76. The van der Waals surface area contributed by atoms with Gasteiger partial charge in [-0.2, -0.15) is 0 Å². The lowest BCUT2D eigenvalue weighted by atomic mass is 10.0. The number of benzene rings is 1. The van der Waals surface area contributed by atoms with Gasteiger partial charge in [-0.25, -0.2) is 8.78 Å². The summed E-state index contributed by atoms with van der Waals surface area (Å²) in [5.41, 5.74) is 0.316. The van der Waals surface area contributed by atoms with Crippen LogP contribution in [0.1, 0.15) is 19.6 Å². The maximum absolute atomic E-state index is 14.1.